The summed E-state index contributed by atoms with van der Waals surface area (Å²) in [6, 6.07) is 10.2. The summed E-state index contributed by atoms with van der Waals surface area (Å²) < 4.78 is 6.13. The molecule has 2 aliphatic heterocycles. The van der Waals surface area contributed by atoms with Gasteiger partial charge in [0.25, 0.3) is 0 Å². The van der Waals surface area contributed by atoms with E-state index in [1.54, 1.807) is 0 Å². The second-order valence-electron chi connectivity index (χ2n) is 7.22. The van der Waals surface area contributed by atoms with Crippen LogP contribution in [0.15, 0.2) is 36.5 Å². The number of piperidine rings is 1. The normalized spacial score (nSPS) is 21.2. The number of aliphatic hydroxyl groups is 1. The highest BCUT2D eigenvalue weighted by Gasteiger charge is 2.25. The van der Waals surface area contributed by atoms with Crippen molar-refractivity contribution in [3.05, 3.63) is 42.1 Å². The quantitative estimate of drug-likeness (QED) is 0.910. The fourth-order valence-electron chi connectivity index (χ4n) is 3.67. The average Bonchev–Trinajstić information content (AvgIpc) is 3.09. The largest absolute Gasteiger partial charge is 0.490 e. The predicted molar refractivity (Wildman–Crippen MR) is 102 cm³/mol. The Morgan fingerprint density at radius 2 is 1.88 bits per heavy atom. The molecule has 6 nitrogen and oxygen atoms in total. The van der Waals surface area contributed by atoms with Gasteiger partial charge in [-0.3, -0.25) is 0 Å². The van der Waals surface area contributed by atoms with Crippen molar-refractivity contribution in [3.63, 3.8) is 0 Å². The molecule has 26 heavy (non-hydrogen) atoms. The SMILES string of the molecule is Cc1cccc(OC2CCN(c3nccc(N4CCC(O)C4)n3)CC2)c1. The van der Waals surface area contributed by atoms with E-state index in [1.165, 1.54) is 5.56 Å². The van der Waals surface area contributed by atoms with Crippen LogP contribution in [0.4, 0.5) is 11.8 Å². The van der Waals surface area contributed by atoms with E-state index < -0.39 is 0 Å². The Hall–Kier alpha value is -2.34. The molecule has 0 saturated carbocycles. The number of rotatable bonds is 4. The van der Waals surface area contributed by atoms with Crippen molar-refractivity contribution >= 4 is 11.8 Å². The van der Waals surface area contributed by atoms with Gasteiger partial charge in [-0.15, -0.1) is 0 Å². The number of benzene rings is 1. The fourth-order valence-corrected chi connectivity index (χ4v) is 3.67. The van der Waals surface area contributed by atoms with Crippen LogP contribution in [0.25, 0.3) is 0 Å². The maximum atomic E-state index is 9.74. The molecule has 0 spiro atoms. The van der Waals surface area contributed by atoms with Gasteiger partial charge in [0.15, 0.2) is 0 Å². The topological polar surface area (TPSA) is 61.7 Å². The van der Waals surface area contributed by atoms with E-state index in [-0.39, 0.29) is 12.2 Å². The van der Waals surface area contributed by atoms with Crippen LogP contribution in [-0.4, -0.2) is 53.5 Å². The third-order valence-corrected chi connectivity index (χ3v) is 5.13. The van der Waals surface area contributed by atoms with Crippen LogP contribution in [0, 0.1) is 6.92 Å². The summed E-state index contributed by atoms with van der Waals surface area (Å²) in [5, 5.41) is 9.74. The van der Waals surface area contributed by atoms with Gasteiger partial charge in [0.05, 0.1) is 6.10 Å². The molecular formula is C20H26N4O2. The molecule has 3 heterocycles. The molecule has 1 unspecified atom stereocenters. The van der Waals surface area contributed by atoms with Crippen LogP contribution < -0.4 is 14.5 Å². The van der Waals surface area contributed by atoms with E-state index in [1.807, 2.05) is 24.4 Å². The lowest BCUT2D eigenvalue weighted by Crippen LogP contribution is -2.39. The molecule has 2 aromatic rings. The third kappa shape index (κ3) is 3.90. The maximum absolute atomic E-state index is 9.74. The second-order valence-corrected chi connectivity index (χ2v) is 7.22. The molecular weight excluding hydrogens is 328 g/mol. The minimum atomic E-state index is -0.247. The summed E-state index contributed by atoms with van der Waals surface area (Å²) in [7, 11) is 0. The number of aliphatic hydroxyl groups excluding tert-OH is 1. The first kappa shape index (κ1) is 17.1. The Balaban J connectivity index is 1.36. The van der Waals surface area contributed by atoms with Gasteiger partial charge in [-0.1, -0.05) is 12.1 Å². The van der Waals surface area contributed by atoms with Crippen molar-refractivity contribution in [1.82, 2.24) is 9.97 Å². The standard InChI is InChI=1S/C20H26N4O2/c1-15-3-2-4-18(13-15)26-17-7-11-23(12-8-17)20-21-9-5-19(22-20)24-10-6-16(25)14-24/h2-5,9,13,16-17,25H,6-8,10-12,14H2,1H3. The summed E-state index contributed by atoms with van der Waals surface area (Å²) in [6.45, 7) is 5.37. The zero-order chi connectivity index (χ0) is 17.9. The lowest BCUT2D eigenvalue weighted by Gasteiger charge is -2.32. The minimum Gasteiger partial charge on any atom is -0.490 e. The number of ether oxygens (including phenoxy) is 1. The van der Waals surface area contributed by atoms with Gasteiger partial charge in [0, 0.05) is 45.2 Å². The second kappa shape index (κ2) is 7.50. The molecule has 4 rings (SSSR count). The number of anilines is 2. The first-order valence-corrected chi connectivity index (χ1v) is 9.42. The Labute approximate surface area is 154 Å². The summed E-state index contributed by atoms with van der Waals surface area (Å²) >= 11 is 0. The van der Waals surface area contributed by atoms with Crippen LogP contribution in [0.5, 0.6) is 5.75 Å². The van der Waals surface area contributed by atoms with Crippen LogP contribution in [0.2, 0.25) is 0 Å². The zero-order valence-electron chi connectivity index (χ0n) is 15.2. The Bertz CT molecular complexity index is 746. The molecule has 1 aromatic carbocycles. The average molecular weight is 354 g/mol. The molecule has 2 saturated heterocycles. The number of nitrogens with zero attached hydrogens (tertiary/aromatic N) is 4. The number of hydrogen-bond donors (Lipinski definition) is 1. The van der Waals surface area contributed by atoms with Crippen molar-refractivity contribution in [2.75, 3.05) is 36.0 Å². The number of hydrogen-bond acceptors (Lipinski definition) is 6. The molecule has 138 valence electrons. The molecule has 6 heteroatoms. The lowest BCUT2D eigenvalue weighted by molar-refractivity contribution is 0.170. The van der Waals surface area contributed by atoms with Gasteiger partial charge >= 0.3 is 0 Å². The molecule has 0 amide bonds. The molecule has 2 aliphatic rings. The van der Waals surface area contributed by atoms with Gasteiger partial charge in [-0.25, -0.2) is 4.98 Å². The summed E-state index contributed by atoms with van der Waals surface area (Å²) in [5.41, 5.74) is 1.22. The van der Waals surface area contributed by atoms with Gasteiger partial charge in [0.1, 0.15) is 17.7 Å². The van der Waals surface area contributed by atoms with E-state index in [9.17, 15) is 5.11 Å². The maximum Gasteiger partial charge on any atom is 0.227 e. The predicted octanol–water partition coefficient (Wildman–Crippen LogP) is 2.40. The van der Waals surface area contributed by atoms with E-state index in [0.717, 1.165) is 56.4 Å². The van der Waals surface area contributed by atoms with Gasteiger partial charge in [0.2, 0.25) is 5.95 Å². The van der Waals surface area contributed by atoms with Crippen molar-refractivity contribution in [1.29, 1.82) is 0 Å². The summed E-state index contributed by atoms with van der Waals surface area (Å²) in [6.07, 6.45) is 4.54. The smallest absolute Gasteiger partial charge is 0.227 e. The summed E-state index contributed by atoms with van der Waals surface area (Å²) in [4.78, 5) is 13.5. The Morgan fingerprint density at radius 3 is 2.62 bits per heavy atom. The lowest BCUT2D eigenvalue weighted by atomic mass is 10.1. The van der Waals surface area contributed by atoms with Crippen LogP contribution in [-0.2, 0) is 0 Å². The van der Waals surface area contributed by atoms with Crippen molar-refractivity contribution in [2.24, 2.45) is 0 Å². The van der Waals surface area contributed by atoms with Gasteiger partial charge in [-0.2, -0.15) is 4.98 Å². The van der Waals surface area contributed by atoms with E-state index in [0.29, 0.717) is 6.54 Å². The van der Waals surface area contributed by atoms with Crippen LogP contribution in [0.1, 0.15) is 24.8 Å². The van der Waals surface area contributed by atoms with E-state index in [4.69, 9.17) is 9.72 Å². The first-order chi connectivity index (χ1) is 12.7. The number of aromatic nitrogens is 2. The van der Waals surface area contributed by atoms with E-state index in [2.05, 4.69) is 33.8 Å². The molecule has 1 aromatic heterocycles. The third-order valence-electron chi connectivity index (χ3n) is 5.13. The fraction of sp³-hybridized carbons (Fsp3) is 0.500. The molecule has 0 aliphatic carbocycles. The highest BCUT2D eigenvalue weighted by atomic mass is 16.5. The number of aryl methyl sites for hydroxylation is 1. The molecule has 1 atom stereocenters. The highest BCUT2D eigenvalue weighted by molar-refractivity contribution is 5.45. The van der Waals surface area contributed by atoms with Crippen molar-refractivity contribution in [2.45, 2.75) is 38.4 Å². The molecule has 0 bridgehead atoms. The molecule has 1 N–H and O–H groups in total. The monoisotopic (exact) mass is 354 g/mol. The zero-order valence-corrected chi connectivity index (χ0v) is 15.2. The highest BCUT2D eigenvalue weighted by Crippen LogP contribution is 2.24. The molecule has 2 fully saturated rings. The van der Waals surface area contributed by atoms with Crippen LogP contribution >= 0.6 is 0 Å². The Kier molecular flexibility index (Phi) is 4.93. The first-order valence-electron chi connectivity index (χ1n) is 9.42. The van der Waals surface area contributed by atoms with E-state index >= 15 is 0 Å². The minimum absolute atomic E-state index is 0.241. The van der Waals surface area contributed by atoms with Crippen LogP contribution in [0.3, 0.4) is 0 Å². The summed E-state index contributed by atoms with van der Waals surface area (Å²) in [5.74, 6) is 2.64. The Morgan fingerprint density at radius 1 is 1.08 bits per heavy atom. The number of β-amino-alcohol motifs (C(OH)–C–C–N with tert-alkyl or cyclic N) is 1. The van der Waals surface area contributed by atoms with Crippen molar-refractivity contribution < 1.29 is 9.84 Å². The van der Waals surface area contributed by atoms with Crippen molar-refractivity contribution in [3.8, 4) is 5.75 Å². The van der Waals surface area contributed by atoms with Gasteiger partial charge in [-0.05, 0) is 37.1 Å². The van der Waals surface area contributed by atoms with Gasteiger partial charge < -0.3 is 19.6 Å². The molecule has 0 radical (unpaired) electrons.